The Hall–Kier alpha value is -0.980. The highest BCUT2D eigenvalue weighted by Gasteiger charge is 2.43. The highest BCUT2D eigenvalue weighted by Crippen LogP contribution is 2.47. The summed E-state index contributed by atoms with van der Waals surface area (Å²) in [4.78, 5) is 7.32. The van der Waals surface area contributed by atoms with E-state index in [4.69, 9.17) is 4.99 Å². The lowest BCUT2D eigenvalue weighted by Gasteiger charge is -2.38. The molecular weight excluding hydrogens is 411 g/mol. The highest BCUT2D eigenvalue weighted by molar-refractivity contribution is 14.0. The molecule has 4 nitrogen and oxygen atoms in total. The Bertz CT molecular complexity index is 513. The smallest absolute Gasteiger partial charge is 0.193 e. The molecule has 5 heteroatoms. The van der Waals surface area contributed by atoms with Gasteiger partial charge < -0.3 is 15.5 Å². The van der Waals surface area contributed by atoms with Crippen LogP contribution in [0.1, 0.15) is 39.0 Å². The Kier molecular flexibility index (Phi) is 7.65. The van der Waals surface area contributed by atoms with Gasteiger partial charge in [-0.2, -0.15) is 0 Å². The number of rotatable bonds is 6. The van der Waals surface area contributed by atoms with Crippen LogP contribution in [-0.4, -0.2) is 43.6 Å². The van der Waals surface area contributed by atoms with Crippen molar-refractivity contribution < 1.29 is 0 Å². The number of guanidine groups is 1. The molecule has 1 aromatic carbocycles. The summed E-state index contributed by atoms with van der Waals surface area (Å²) >= 11 is 0. The Morgan fingerprint density at radius 3 is 2.62 bits per heavy atom. The lowest BCUT2D eigenvalue weighted by Crippen LogP contribution is -2.42. The van der Waals surface area contributed by atoms with Crippen molar-refractivity contribution >= 4 is 35.6 Å². The maximum atomic E-state index is 4.84. The fourth-order valence-corrected chi connectivity index (χ4v) is 3.68. The molecule has 1 saturated heterocycles. The predicted molar refractivity (Wildman–Crippen MR) is 113 cm³/mol. The fraction of sp³-hybridized carbons (Fsp3) is 0.632. The van der Waals surface area contributed by atoms with Gasteiger partial charge in [0.1, 0.15) is 0 Å². The van der Waals surface area contributed by atoms with Crippen molar-refractivity contribution in [1.29, 1.82) is 0 Å². The summed E-state index contributed by atoms with van der Waals surface area (Å²) in [6, 6.07) is 10.4. The maximum absolute atomic E-state index is 4.84. The molecule has 24 heavy (non-hydrogen) atoms. The third-order valence-electron chi connectivity index (χ3n) is 5.19. The van der Waals surface area contributed by atoms with Crippen LogP contribution >= 0.6 is 24.0 Å². The van der Waals surface area contributed by atoms with E-state index >= 15 is 0 Å². The van der Waals surface area contributed by atoms with Gasteiger partial charge in [-0.1, -0.05) is 24.6 Å². The van der Waals surface area contributed by atoms with Crippen LogP contribution in [0, 0.1) is 5.41 Å². The van der Waals surface area contributed by atoms with Gasteiger partial charge in [-0.3, -0.25) is 4.99 Å². The summed E-state index contributed by atoms with van der Waals surface area (Å²) in [6.07, 6.45) is 6.68. The maximum Gasteiger partial charge on any atom is 0.193 e. The van der Waals surface area contributed by atoms with Crippen LogP contribution in [0.5, 0.6) is 0 Å². The minimum absolute atomic E-state index is 0. The van der Waals surface area contributed by atoms with Crippen molar-refractivity contribution in [3.8, 4) is 0 Å². The Morgan fingerprint density at radius 2 is 2.00 bits per heavy atom. The van der Waals surface area contributed by atoms with E-state index in [9.17, 15) is 0 Å². The summed E-state index contributed by atoms with van der Waals surface area (Å²) in [7, 11) is 0. The van der Waals surface area contributed by atoms with Crippen LogP contribution in [-0.2, 0) is 0 Å². The molecule has 0 bridgehead atoms. The van der Waals surface area contributed by atoms with Crippen LogP contribution < -0.4 is 10.6 Å². The quantitative estimate of drug-likeness (QED) is 0.303. The van der Waals surface area contributed by atoms with Gasteiger partial charge in [0.25, 0.3) is 0 Å². The van der Waals surface area contributed by atoms with Crippen LogP contribution in [0.25, 0.3) is 0 Å². The van der Waals surface area contributed by atoms with Crippen molar-refractivity contribution in [2.75, 3.05) is 38.0 Å². The minimum atomic E-state index is 0. The normalized spacial score (nSPS) is 18.9. The summed E-state index contributed by atoms with van der Waals surface area (Å²) < 4.78 is 0. The highest BCUT2D eigenvalue weighted by atomic mass is 127. The second-order valence-electron chi connectivity index (χ2n) is 6.91. The fourth-order valence-electron chi connectivity index (χ4n) is 3.68. The molecule has 1 heterocycles. The molecule has 2 N–H and O–H groups in total. The molecule has 1 aromatic rings. The van der Waals surface area contributed by atoms with Crippen LogP contribution in [0.15, 0.2) is 35.3 Å². The Labute approximate surface area is 163 Å². The predicted octanol–water partition coefficient (Wildman–Crippen LogP) is 3.95. The number of benzene rings is 1. The first-order chi connectivity index (χ1) is 11.3. The molecule has 3 rings (SSSR count). The molecule has 1 aliphatic carbocycles. The van der Waals surface area contributed by atoms with Gasteiger partial charge in [0, 0.05) is 38.4 Å². The molecule has 0 amide bonds. The molecular formula is C19H31IN4. The molecule has 0 atom stereocenters. The van der Waals surface area contributed by atoms with Gasteiger partial charge in [0.15, 0.2) is 5.96 Å². The first kappa shape index (κ1) is 19.3. The number of nitrogens with zero attached hydrogens (tertiary/aromatic N) is 2. The van der Waals surface area contributed by atoms with E-state index in [2.05, 4.69) is 46.7 Å². The van der Waals surface area contributed by atoms with Crippen molar-refractivity contribution in [3.05, 3.63) is 30.3 Å². The van der Waals surface area contributed by atoms with Gasteiger partial charge in [-0.25, -0.2) is 0 Å². The summed E-state index contributed by atoms with van der Waals surface area (Å²) in [5, 5.41) is 6.92. The van der Waals surface area contributed by atoms with Crippen molar-refractivity contribution in [2.45, 2.75) is 39.0 Å². The number of anilines is 1. The minimum Gasteiger partial charge on any atom is -0.385 e. The van der Waals surface area contributed by atoms with Crippen molar-refractivity contribution in [2.24, 2.45) is 10.4 Å². The van der Waals surface area contributed by atoms with Gasteiger partial charge in [-0.15, -0.1) is 24.0 Å². The summed E-state index contributed by atoms with van der Waals surface area (Å²) in [5.41, 5.74) is 1.82. The number of hydrogen-bond acceptors (Lipinski definition) is 2. The summed E-state index contributed by atoms with van der Waals surface area (Å²) in [5.74, 6) is 1.12. The van der Waals surface area contributed by atoms with E-state index in [1.807, 2.05) is 6.07 Å². The molecule has 0 aromatic heterocycles. The Morgan fingerprint density at radius 1 is 1.21 bits per heavy atom. The molecule has 2 fully saturated rings. The van der Waals surface area contributed by atoms with Crippen LogP contribution in [0.4, 0.5) is 5.69 Å². The molecule has 2 aliphatic rings. The van der Waals surface area contributed by atoms with Gasteiger partial charge in [0.2, 0.25) is 0 Å². The SMILES string of the molecule is CCNC(=NCCCNc1ccccc1)N1CCC2(CCC2)C1.I. The number of para-hydroxylation sites is 1. The second kappa shape index (κ2) is 9.49. The van der Waals surface area contributed by atoms with E-state index in [1.54, 1.807) is 0 Å². The third kappa shape index (κ3) is 5.01. The number of hydrogen-bond donors (Lipinski definition) is 2. The average Bonchev–Trinajstić information content (AvgIpc) is 3.00. The Balaban J connectivity index is 0.00000208. The zero-order valence-electron chi connectivity index (χ0n) is 14.8. The number of aliphatic imine (C=N–C) groups is 1. The standard InChI is InChI=1S/C19H30N4.HI/c1-2-20-18(23-15-12-19(16-23)10-6-11-19)22-14-7-13-21-17-8-4-3-5-9-17;/h3-5,8-9,21H,2,6-7,10-16H2,1H3,(H,20,22);1H. The molecule has 1 spiro atoms. The number of likely N-dealkylation sites (tertiary alicyclic amines) is 1. The monoisotopic (exact) mass is 442 g/mol. The van der Waals surface area contributed by atoms with Gasteiger partial charge >= 0.3 is 0 Å². The zero-order valence-corrected chi connectivity index (χ0v) is 17.1. The van der Waals surface area contributed by atoms with Crippen molar-refractivity contribution in [3.63, 3.8) is 0 Å². The van der Waals surface area contributed by atoms with Crippen LogP contribution in [0.3, 0.4) is 0 Å². The van der Waals surface area contributed by atoms with Crippen molar-refractivity contribution in [1.82, 2.24) is 10.2 Å². The third-order valence-corrected chi connectivity index (χ3v) is 5.19. The van der Waals surface area contributed by atoms with E-state index in [-0.39, 0.29) is 24.0 Å². The zero-order chi connectivity index (χ0) is 16.0. The number of halogens is 1. The van der Waals surface area contributed by atoms with Crippen LogP contribution in [0.2, 0.25) is 0 Å². The number of nitrogens with one attached hydrogen (secondary N) is 2. The van der Waals surface area contributed by atoms with E-state index in [1.165, 1.54) is 44.5 Å². The second-order valence-corrected chi connectivity index (χ2v) is 6.91. The largest absolute Gasteiger partial charge is 0.385 e. The molecule has 134 valence electrons. The van der Waals surface area contributed by atoms with E-state index < -0.39 is 0 Å². The van der Waals surface area contributed by atoms with Gasteiger partial charge in [-0.05, 0) is 50.2 Å². The first-order valence-electron chi connectivity index (χ1n) is 9.14. The summed E-state index contributed by atoms with van der Waals surface area (Å²) in [6.45, 7) is 7.34. The topological polar surface area (TPSA) is 39.7 Å². The lowest BCUT2D eigenvalue weighted by atomic mass is 9.68. The molecule has 0 unspecified atom stereocenters. The molecule has 0 radical (unpaired) electrons. The van der Waals surface area contributed by atoms with Gasteiger partial charge in [0.05, 0.1) is 0 Å². The first-order valence-corrected chi connectivity index (χ1v) is 9.14. The molecule has 1 saturated carbocycles. The lowest BCUT2D eigenvalue weighted by molar-refractivity contribution is 0.151. The average molecular weight is 442 g/mol. The van der Waals surface area contributed by atoms with E-state index in [0.717, 1.165) is 32.0 Å². The van der Waals surface area contributed by atoms with E-state index in [0.29, 0.717) is 5.41 Å². The molecule has 1 aliphatic heterocycles.